The van der Waals surface area contributed by atoms with Crippen molar-refractivity contribution in [2.45, 2.75) is 26.7 Å². The average molecular weight is 239 g/mol. The monoisotopic (exact) mass is 239 g/mol. The van der Waals surface area contributed by atoms with Gasteiger partial charge in [-0.1, -0.05) is 19.9 Å². The van der Waals surface area contributed by atoms with E-state index in [2.05, 4.69) is 0 Å². The number of halogens is 1. The maximum Gasteiger partial charge on any atom is 0.337 e. The third kappa shape index (κ3) is 3.19. The fourth-order valence-electron chi connectivity index (χ4n) is 1.88. The van der Waals surface area contributed by atoms with Gasteiger partial charge in [0, 0.05) is 13.1 Å². The number of rotatable bonds is 6. The van der Waals surface area contributed by atoms with E-state index in [1.807, 2.05) is 13.8 Å². The van der Waals surface area contributed by atoms with E-state index in [1.165, 1.54) is 18.2 Å². The molecule has 0 aliphatic carbocycles. The van der Waals surface area contributed by atoms with Gasteiger partial charge in [-0.2, -0.15) is 0 Å². The van der Waals surface area contributed by atoms with Crippen LogP contribution in [0.5, 0.6) is 0 Å². The lowest BCUT2D eigenvalue weighted by atomic mass is 10.1. The molecule has 94 valence electrons. The predicted octanol–water partition coefficient (Wildman–Crippen LogP) is 3.15. The van der Waals surface area contributed by atoms with Crippen molar-refractivity contribution in [2.24, 2.45) is 0 Å². The number of benzene rings is 1. The van der Waals surface area contributed by atoms with Crippen LogP contribution in [0.3, 0.4) is 0 Å². The molecule has 0 aliphatic heterocycles. The van der Waals surface area contributed by atoms with Crippen molar-refractivity contribution in [1.82, 2.24) is 0 Å². The molecule has 0 amide bonds. The summed E-state index contributed by atoms with van der Waals surface area (Å²) in [5.41, 5.74) is 0.246. The third-order valence-electron chi connectivity index (χ3n) is 2.52. The molecule has 0 fully saturated rings. The summed E-state index contributed by atoms with van der Waals surface area (Å²) in [5, 5.41) is 9.08. The lowest BCUT2D eigenvalue weighted by molar-refractivity contribution is 0.0697. The van der Waals surface area contributed by atoms with Crippen molar-refractivity contribution in [3.63, 3.8) is 0 Å². The Morgan fingerprint density at radius 3 is 2.35 bits per heavy atom. The Balaban J connectivity index is 3.19. The summed E-state index contributed by atoms with van der Waals surface area (Å²) >= 11 is 0. The maximum atomic E-state index is 13.8. The fourth-order valence-corrected chi connectivity index (χ4v) is 1.88. The van der Waals surface area contributed by atoms with Crippen LogP contribution in [-0.2, 0) is 0 Å². The second-order valence-corrected chi connectivity index (χ2v) is 3.93. The number of hydrogen-bond acceptors (Lipinski definition) is 2. The Morgan fingerprint density at radius 2 is 1.88 bits per heavy atom. The molecule has 0 saturated carbocycles. The van der Waals surface area contributed by atoms with Gasteiger partial charge in [0.05, 0.1) is 11.3 Å². The van der Waals surface area contributed by atoms with Gasteiger partial charge in [-0.3, -0.25) is 0 Å². The van der Waals surface area contributed by atoms with Crippen LogP contribution in [0, 0.1) is 5.82 Å². The highest BCUT2D eigenvalue weighted by atomic mass is 19.1. The van der Waals surface area contributed by atoms with E-state index in [4.69, 9.17) is 5.11 Å². The summed E-state index contributed by atoms with van der Waals surface area (Å²) in [6.45, 7) is 5.30. The number of carbonyl (C=O) groups is 1. The van der Waals surface area contributed by atoms with Gasteiger partial charge >= 0.3 is 5.97 Å². The van der Waals surface area contributed by atoms with Gasteiger partial charge in [0.1, 0.15) is 5.82 Å². The zero-order valence-corrected chi connectivity index (χ0v) is 10.2. The largest absolute Gasteiger partial charge is 0.478 e. The summed E-state index contributed by atoms with van der Waals surface area (Å²) in [5.74, 6) is -1.55. The summed E-state index contributed by atoms with van der Waals surface area (Å²) in [4.78, 5) is 12.9. The Labute approximate surface area is 101 Å². The molecule has 0 spiro atoms. The topological polar surface area (TPSA) is 40.5 Å². The van der Waals surface area contributed by atoms with Crippen LogP contribution in [0.2, 0.25) is 0 Å². The first-order valence-corrected chi connectivity index (χ1v) is 5.88. The number of anilines is 1. The highest BCUT2D eigenvalue weighted by Crippen LogP contribution is 2.25. The lowest BCUT2D eigenvalue weighted by Gasteiger charge is -2.25. The van der Waals surface area contributed by atoms with E-state index >= 15 is 0 Å². The molecule has 1 aromatic rings. The molecular weight excluding hydrogens is 221 g/mol. The molecule has 0 radical (unpaired) electrons. The van der Waals surface area contributed by atoms with Crippen LogP contribution >= 0.6 is 0 Å². The van der Waals surface area contributed by atoms with Crippen LogP contribution < -0.4 is 4.90 Å². The second kappa shape index (κ2) is 6.23. The Hall–Kier alpha value is -1.58. The van der Waals surface area contributed by atoms with Crippen molar-refractivity contribution in [3.8, 4) is 0 Å². The minimum absolute atomic E-state index is 0.0342. The molecule has 3 nitrogen and oxygen atoms in total. The van der Waals surface area contributed by atoms with E-state index in [0.717, 1.165) is 12.8 Å². The van der Waals surface area contributed by atoms with Gasteiger partial charge in [-0.25, -0.2) is 9.18 Å². The van der Waals surface area contributed by atoms with E-state index in [9.17, 15) is 9.18 Å². The summed E-state index contributed by atoms with van der Waals surface area (Å²) in [6, 6.07) is 4.18. The van der Waals surface area contributed by atoms with Crippen molar-refractivity contribution in [2.75, 3.05) is 18.0 Å². The Morgan fingerprint density at radius 1 is 1.29 bits per heavy atom. The molecular formula is C13H18FNO2. The van der Waals surface area contributed by atoms with Gasteiger partial charge in [-0.15, -0.1) is 0 Å². The maximum absolute atomic E-state index is 13.8. The first-order chi connectivity index (χ1) is 8.11. The first kappa shape index (κ1) is 13.5. The van der Waals surface area contributed by atoms with Crippen LogP contribution in [0.15, 0.2) is 18.2 Å². The van der Waals surface area contributed by atoms with Crippen molar-refractivity contribution in [3.05, 3.63) is 29.6 Å². The van der Waals surface area contributed by atoms with E-state index in [-0.39, 0.29) is 11.3 Å². The van der Waals surface area contributed by atoms with Gasteiger partial charge in [0.15, 0.2) is 0 Å². The minimum Gasteiger partial charge on any atom is -0.478 e. The molecule has 0 aromatic heterocycles. The molecule has 0 heterocycles. The normalized spacial score (nSPS) is 10.3. The number of carboxylic acid groups (broad SMARTS) is 1. The molecule has 1 aromatic carbocycles. The molecule has 4 heteroatoms. The summed E-state index contributed by atoms with van der Waals surface area (Å²) in [7, 11) is 0. The second-order valence-electron chi connectivity index (χ2n) is 3.93. The molecule has 0 aliphatic rings. The van der Waals surface area contributed by atoms with Gasteiger partial charge < -0.3 is 10.0 Å². The van der Waals surface area contributed by atoms with Crippen molar-refractivity contribution in [1.29, 1.82) is 0 Å². The zero-order valence-electron chi connectivity index (χ0n) is 10.2. The summed E-state index contributed by atoms with van der Waals surface area (Å²) < 4.78 is 13.8. The van der Waals surface area contributed by atoms with Crippen LogP contribution in [0.25, 0.3) is 0 Å². The van der Waals surface area contributed by atoms with Crippen molar-refractivity contribution >= 4 is 11.7 Å². The van der Waals surface area contributed by atoms with Gasteiger partial charge in [0.2, 0.25) is 0 Å². The first-order valence-electron chi connectivity index (χ1n) is 5.88. The number of para-hydroxylation sites is 1. The number of nitrogens with zero attached hydrogens (tertiary/aromatic N) is 1. The van der Waals surface area contributed by atoms with Crippen molar-refractivity contribution < 1.29 is 14.3 Å². The van der Waals surface area contributed by atoms with E-state index < -0.39 is 11.8 Å². The zero-order chi connectivity index (χ0) is 12.8. The van der Waals surface area contributed by atoms with Crippen LogP contribution in [-0.4, -0.2) is 24.2 Å². The average Bonchev–Trinajstić information content (AvgIpc) is 2.28. The molecule has 0 atom stereocenters. The number of carboxylic acids is 1. The highest BCUT2D eigenvalue weighted by Gasteiger charge is 2.19. The molecule has 0 saturated heterocycles. The predicted molar refractivity (Wildman–Crippen MR) is 66.2 cm³/mol. The fraction of sp³-hybridized carbons (Fsp3) is 0.462. The smallest absolute Gasteiger partial charge is 0.337 e. The van der Waals surface area contributed by atoms with E-state index in [1.54, 1.807) is 4.90 Å². The van der Waals surface area contributed by atoms with Gasteiger partial charge in [-0.05, 0) is 25.0 Å². The summed E-state index contributed by atoms with van der Waals surface area (Å²) in [6.07, 6.45) is 1.71. The Bertz CT molecular complexity index is 387. The molecule has 0 unspecified atom stereocenters. The molecule has 1 rings (SSSR count). The van der Waals surface area contributed by atoms with E-state index in [0.29, 0.717) is 13.1 Å². The molecule has 0 bridgehead atoms. The lowest BCUT2D eigenvalue weighted by Crippen LogP contribution is -2.27. The minimum atomic E-state index is -1.09. The number of aromatic carboxylic acids is 1. The quantitative estimate of drug-likeness (QED) is 0.829. The SMILES string of the molecule is CCCN(CCC)c1c(F)cccc1C(=O)O. The highest BCUT2D eigenvalue weighted by molar-refractivity contribution is 5.94. The third-order valence-corrected chi connectivity index (χ3v) is 2.52. The number of hydrogen-bond donors (Lipinski definition) is 1. The molecule has 17 heavy (non-hydrogen) atoms. The van der Waals surface area contributed by atoms with Crippen LogP contribution in [0.4, 0.5) is 10.1 Å². The van der Waals surface area contributed by atoms with Crippen LogP contribution in [0.1, 0.15) is 37.0 Å². The Kier molecular flexibility index (Phi) is 4.94. The molecule has 1 N–H and O–H groups in total. The standard InChI is InChI=1S/C13H18FNO2/c1-3-8-15(9-4-2)12-10(13(16)17)6-5-7-11(12)14/h5-7H,3-4,8-9H2,1-2H3,(H,16,17). The van der Waals surface area contributed by atoms with Gasteiger partial charge in [0.25, 0.3) is 0 Å².